The van der Waals surface area contributed by atoms with Gasteiger partial charge in [0.1, 0.15) is 0 Å². The van der Waals surface area contributed by atoms with Crippen LogP contribution in [-0.4, -0.2) is 4.98 Å². The fourth-order valence-corrected chi connectivity index (χ4v) is 3.20. The summed E-state index contributed by atoms with van der Waals surface area (Å²) in [4.78, 5) is 15.2. The van der Waals surface area contributed by atoms with Crippen LogP contribution < -0.4 is 16.8 Å². The summed E-state index contributed by atoms with van der Waals surface area (Å²) < 4.78 is 5.01. The molecule has 110 valence electrons. The van der Waals surface area contributed by atoms with Gasteiger partial charge in [0.2, 0.25) is 0 Å². The first-order valence-corrected chi connectivity index (χ1v) is 7.77. The Labute approximate surface area is 125 Å². The Morgan fingerprint density at radius 3 is 3.05 bits per heavy atom. The monoisotopic (exact) mass is 303 g/mol. The van der Waals surface area contributed by atoms with Gasteiger partial charge in [-0.1, -0.05) is 19.4 Å². The van der Waals surface area contributed by atoms with Gasteiger partial charge in [-0.3, -0.25) is 4.98 Å². The third-order valence-electron chi connectivity index (χ3n) is 3.38. The maximum absolute atomic E-state index is 11.2. The van der Waals surface area contributed by atoms with Crippen LogP contribution >= 0.6 is 11.3 Å². The average Bonchev–Trinajstić information content (AvgIpc) is 3.07. The molecule has 4 N–H and O–H groups in total. The molecular weight excluding hydrogens is 286 g/mol. The highest BCUT2D eigenvalue weighted by atomic mass is 32.1. The number of fused-ring (bicyclic) bond motifs is 1. The molecule has 0 aliphatic carbocycles. The minimum atomic E-state index is -0.468. The van der Waals surface area contributed by atoms with Crippen LogP contribution in [0.15, 0.2) is 38.9 Å². The summed E-state index contributed by atoms with van der Waals surface area (Å²) in [7, 11) is 0. The van der Waals surface area contributed by atoms with E-state index in [1.807, 2.05) is 12.1 Å². The van der Waals surface area contributed by atoms with Crippen LogP contribution in [0.1, 0.15) is 30.7 Å². The van der Waals surface area contributed by atoms with E-state index < -0.39 is 5.76 Å². The van der Waals surface area contributed by atoms with E-state index in [0.717, 1.165) is 18.5 Å². The van der Waals surface area contributed by atoms with Gasteiger partial charge in [0.05, 0.1) is 22.9 Å². The minimum absolute atomic E-state index is 0.216. The molecule has 1 unspecified atom stereocenters. The summed E-state index contributed by atoms with van der Waals surface area (Å²) >= 11 is 1.72. The summed E-state index contributed by atoms with van der Waals surface area (Å²) in [5, 5.41) is 5.54. The van der Waals surface area contributed by atoms with Crippen LogP contribution in [0.5, 0.6) is 0 Å². The van der Waals surface area contributed by atoms with Crippen LogP contribution in [0.4, 0.5) is 11.4 Å². The number of aromatic nitrogens is 1. The van der Waals surface area contributed by atoms with Gasteiger partial charge < -0.3 is 15.5 Å². The van der Waals surface area contributed by atoms with E-state index in [0.29, 0.717) is 16.8 Å². The van der Waals surface area contributed by atoms with Crippen LogP contribution in [0, 0.1) is 0 Å². The highest BCUT2D eigenvalue weighted by Gasteiger charge is 2.14. The predicted molar refractivity (Wildman–Crippen MR) is 86.8 cm³/mol. The number of anilines is 2. The Kier molecular flexibility index (Phi) is 3.70. The molecule has 21 heavy (non-hydrogen) atoms. The molecule has 0 fully saturated rings. The third-order valence-corrected chi connectivity index (χ3v) is 4.37. The number of H-pyrrole nitrogens is 1. The molecule has 5 nitrogen and oxygen atoms in total. The fraction of sp³-hybridized carbons (Fsp3) is 0.267. The Bertz CT molecular complexity index is 789. The smallest absolute Gasteiger partial charge is 0.408 e. The van der Waals surface area contributed by atoms with Crippen molar-refractivity contribution in [1.82, 2.24) is 4.98 Å². The Balaban J connectivity index is 1.95. The number of thiophene rings is 1. The summed E-state index contributed by atoms with van der Waals surface area (Å²) in [6, 6.07) is 7.88. The molecule has 1 aromatic carbocycles. The molecule has 2 aromatic heterocycles. The van der Waals surface area contributed by atoms with Gasteiger partial charge in [0, 0.05) is 10.9 Å². The molecule has 0 radical (unpaired) electrons. The molecule has 0 spiro atoms. The van der Waals surface area contributed by atoms with E-state index in [-0.39, 0.29) is 6.04 Å². The van der Waals surface area contributed by atoms with Gasteiger partial charge in [0.15, 0.2) is 5.58 Å². The van der Waals surface area contributed by atoms with Crippen molar-refractivity contribution in [2.75, 3.05) is 11.1 Å². The van der Waals surface area contributed by atoms with Crippen LogP contribution in [0.2, 0.25) is 0 Å². The van der Waals surface area contributed by atoms with E-state index in [4.69, 9.17) is 10.2 Å². The minimum Gasteiger partial charge on any atom is -0.408 e. The Morgan fingerprint density at radius 2 is 2.33 bits per heavy atom. The molecule has 0 saturated carbocycles. The number of aromatic amines is 1. The summed E-state index contributed by atoms with van der Waals surface area (Å²) in [6.45, 7) is 2.16. The number of benzene rings is 1. The maximum atomic E-state index is 11.2. The molecule has 1 atom stereocenters. The zero-order valence-corrected chi connectivity index (χ0v) is 12.5. The lowest BCUT2D eigenvalue weighted by atomic mass is 10.1. The Hall–Kier alpha value is -2.21. The predicted octanol–water partition coefficient (Wildman–Crippen LogP) is 3.72. The number of hydrogen-bond donors (Lipinski definition) is 3. The normalized spacial score (nSPS) is 12.6. The second-order valence-electron chi connectivity index (χ2n) is 4.95. The lowest BCUT2D eigenvalue weighted by Gasteiger charge is -2.19. The number of nitrogens with two attached hydrogens (primary N) is 1. The maximum Gasteiger partial charge on any atom is 0.417 e. The van der Waals surface area contributed by atoms with Gasteiger partial charge in [-0.05, 0) is 23.9 Å². The topological polar surface area (TPSA) is 84.0 Å². The zero-order valence-electron chi connectivity index (χ0n) is 11.7. The van der Waals surface area contributed by atoms with E-state index in [9.17, 15) is 4.79 Å². The van der Waals surface area contributed by atoms with Crippen molar-refractivity contribution in [3.05, 3.63) is 45.1 Å². The first kappa shape index (κ1) is 13.8. The Morgan fingerprint density at radius 1 is 1.48 bits per heavy atom. The SMILES string of the molecule is CCCC(Nc1cc2[nH]c(=O)oc2cc1N)c1cccs1. The fourth-order valence-electron chi connectivity index (χ4n) is 2.39. The molecule has 0 saturated heterocycles. The van der Waals surface area contributed by atoms with E-state index in [1.165, 1.54) is 4.88 Å². The van der Waals surface area contributed by atoms with E-state index >= 15 is 0 Å². The largest absolute Gasteiger partial charge is 0.417 e. The molecular formula is C15H17N3O2S. The lowest BCUT2D eigenvalue weighted by molar-refractivity contribution is 0.555. The molecule has 2 heterocycles. The number of rotatable bonds is 5. The molecule has 3 rings (SSSR count). The van der Waals surface area contributed by atoms with Crippen molar-refractivity contribution < 1.29 is 4.42 Å². The average molecular weight is 303 g/mol. The standard InChI is InChI=1S/C15H17N3O2S/c1-2-4-10(14-5-3-6-21-14)17-11-8-12-13(7-9(11)16)20-15(19)18-12/h3,5-8,10,17H,2,4,16H2,1H3,(H,18,19). The first-order chi connectivity index (χ1) is 10.2. The van der Waals surface area contributed by atoms with Crippen LogP contribution in [-0.2, 0) is 0 Å². The highest BCUT2D eigenvalue weighted by Crippen LogP contribution is 2.31. The van der Waals surface area contributed by atoms with Gasteiger partial charge in [-0.15, -0.1) is 11.3 Å². The number of nitrogen functional groups attached to an aromatic ring is 1. The van der Waals surface area contributed by atoms with Crippen molar-refractivity contribution in [3.63, 3.8) is 0 Å². The van der Waals surface area contributed by atoms with Crippen molar-refractivity contribution in [1.29, 1.82) is 0 Å². The molecule has 0 bridgehead atoms. The number of oxazole rings is 1. The van der Waals surface area contributed by atoms with E-state index in [1.54, 1.807) is 17.4 Å². The second-order valence-corrected chi connectivity index (χ2v) is 5.93. The van der Waals surface area contributed by atoms with Crippen molar-refractivity contribution in [2.45, 2.75) is 25.8 Å². The third kappa shape index (κ3) is 2.80. The summed E-state index contributed by atoms with van der Waals surface area (Å²) in [6.07, 6.45) is 2.08. The molecule has 6 heteroatoms. The molecule has 3 aromatic rings. The van der Waals surface area contributed by atoms with Gasteiger partial charge in [-0.2, -0.15) is 0 Å². The lowest BCUT2D eigenvalue weighted by Crippen LogP contribution is -2.10. The molecule has 0 aliphatic rings. The molecule has 0 amide bonds. The number of nitrogens with one attached hydrogen (secondary N) is 2. The highest BCUT2D eigenvalue weighted by molar-refractivity contribution is 7.10. The van der Waals surface area contributed by atoms with Crippen LogP contribution in [0.25, 0.3) is 11.1 Å². The first-order valence-electron chi connectivity index (χ1n) is 6.89. The zero-order chi connectivity index (χ0) is 14.8. The van der Waals surface area contributed by atoms with Crippen molar-refractivity contribution >= 4 is 33.8 Å². The quantitative estimate of drug-likeness (QED) is 0.627. The van der Waals surface area contributed by atoms with Gasteiger partial charge >= 0.3 is 5.76 Å². The number of hydrogen-bond acceptors (Lipinski definition) is 5. The second kappa shape index (κ2) is 5.65. The van der Waals surface area contributed by atoms with Crippen molar-refractivity contribution in [2.24, 2.45) is 0 Å². The summed E-state index contributed by atoms with van der Waals surface area (Å²) in [5.41, 5.74) is 8.57. The van der Waals surface area contributed by atoms with Gasteiger partial charge in [-0.25, -0.2) is 4.79 Å². The van der Waals surface area contributed by atoms with Crippen LogP contribution in [0.3, 0.4) is 0 Å². The van der Waals surface area contributed by atoms with Gasteiger partial charge in [0.25, 0.3) is 0 Å². The van der Waals surface area contributed by atoms with Crippen molar-refractivity contribution in [3.8, 4) is 0 Å². The molecule has 0 aliphatic heterocycles. The summed E-state index contributed by atoms with van der Waals surface area (Å²) in [5.74, 6) is -0.468. The van der Waals surface area contributed by atoms with E-state index in [2.05, 4.69) is 28.7 Å².